The van der Waals surface area contributed by atoms with Crippen molar-refractivity contribution in [1.29, 1.82) is 0 Å². The Labute approximate surface area is 194 Å². The minimum absolute atomic E-state index is 0.0207. The van der Waals surface area contributed by atoms with Crippen molar-refractivity contribution in [3.8, 4) is 5.75 Å². The second-order valence-electron chi connectivity index (χ2n) is 8.21. The number of fused-ring (bicyclic) bond motifs is 4. The molecule has 34 heavy (non-hydrogen) atoms. The van der Waals surface area contributed by atoms with Gasteiger partial charge in [-0.1, -0.05) is 47.6 Å². The quantitative estimate of drug-likeness (QED) is 0.340. The van der Waals surface area contributed by atoms with Crippen LogP contribution in [0.15, 0.2) is 80.5 Å². The lowest BCUT2D eigenvalue weighted by molar-refractivity contribution is 0.0969. The van der Waals surface area contributed by atoms with Gasteiger partial charge in [-0.25, -0.2) is 0 Å². The predicted molar refractivity (Wildman–Crippen MR) is 127 cm³/mol. The Kier molecular flexibility index (Phi) is 4.52. The molecule has 1 aliphatic rings. The molecule has 0 radical (unpaired) electrons. The largest absolute Gasteiger partial charge is 0.494 e. The minimum Gasteiger partial charge on any atom is -0.494 e. The van der Waals surface area contributed by atoms with E-state index in [2.05, 4.69) is 5.16 Å². The Morgan fingerprint density at radius 1 is 1.03 bits per heavy atom. The third-order valence-corrected chi connectivity index (χ3v) is 6.13. The molecule has 0 N–H and O–H groups in total. The molecular weight excluding hydrogens is 432 g/mol. The van der Waals surface area contributed by atoms with Gasteiger partial charge in [-0.2, -0.15) is 0 Å². The lowest BCUT2D eigenvalue weighted by Gasteiger charge is -2.22. The van der Waals surface area contributed by atoms with E-state index in [-0.39, 0.29) is 11.2 Å². The number of hydrogen-bond acceptors (Lipinski definition) is 6. The first-order valence-corrected chi connectivity index (χ1v) is 11.0. The molecule has 1 amide bonds. The molecule has 2 aromatic heterocycles. The first-order valence-electron chi connectivity index (χ1n) is 11.0. The Morgan fingerprint density at radius 3 is 2.56 bits per heavy atom. The molecule has 1 aliphatic heterocycles. The molecule has 0 aliphatic carbocycles. The molecule has 5 aromatic rings. The van der Waals surface area contributed by atoms with Crippen LogP contribution in [0.25, 0.3) is 21.7 Å². The van der Waals surface area contributed by atoms with Crippen LogP contribution in [0.1, 0.15) is 40.4 Å². The van der Waals surface area contributed by atoms with Gasteiger partial charge in [0.25, 0.3) is 5.91 Å². The molecular formula is C27H20N2O5. The van der Waals surface area contributed by atoms with Crippen molar-refractivity contribution in [3.05, 3.63) is 99.6 Å². The summed E-state index contributed by atoms with van der Waals surface area (Å²) in [6, 6.07) is 19.6. The predicted octanol–water partition coefficient (Wildman–Crippen LogP) is 5.39. The number of carbonyl (C=O) groups excluding carboxylic acids is 1. The van der Waals surface area contributed by atoms with Gasteiger partial charge in [0.05, 0.1) is 23.6 Å². The zero-order chi connectivity index (χ0) is 23.4. The fourth-order valence-electron chi connectivity index (χ4n) is 4.67. The molecule has 3 heterocycles. The summed E-state index contributed by atoms with van der Waals surface area (Å²) in [7, 11) is 0. The summed E-state index contributed by atoms with van der Waals surface area (Å²) < 4.78 is 16.9. The third kappa shape index (κ3) is 2.94. The Morgan fingerprint density at radius 2 is 1.82 bits per heavy atom. The van der Waals surface area contributed by atoms with Crippen LogP contribution in [-0.4, -0.2) is 17.7 Å². The minimum atomic E-state index is -0.720. The molecule has 7 heteroatoms. The first-order chi connectivity index (χ1) is 16.6. The van der Waals surface area contributed by atoms with Crippen molar-refractivity contribution in [1.82, 2.24) is 5.16 Å². The summed E-state index contributed by atoms with van der Waals surface area (Å²) in [5, 5.41) is 6.23. The second kappa shape index (κ2) is 7.59. The average molecular weight is 452 g/mol. The normalized spacial score (nSPS) is 15.3. The highest BCUT2D eigenvalue weighted by Gasteiger charge is 2.45. The zero-order valence-electron chi connectivity index (χ0n) is 18.6. The molecule has 7 nitrogen and oxygen atoms in total. The van der Waals surface area contributed by atoms with Gasteiger partial charge in [-0.3, -0.25) is 14.5 Å². The van der Waals surface area contributed by atoms with Gasteiger partial charge in [-0.05, 0) is 48.4 Å². The summed E-state index contributed by atoms with van der Waals surface area (Å²) in [6.45, 7) is 4.20. The van der Waals surface area contributed by atoms with Crippen molar-refractivity contribution in [2.75, 3.05) is 11.5 Å². The van der Waals surface area contributed by atoms with Crippen molar-refractivity contribution in [2.24, 2.45) is 0 Å². The summed E-state index contributed by atoms with van der Waals surface area (Å²) in [5.74, 6) is 1.17. The van der Waals surface area contributed by atoms with Gasteiger partial charge in [-0.15, -0.1) is 0 Å². The first kappa shape index (κ1) is 20.2. The van der Waals surface area contributed by atoms with E-state index in [1.807, 2.05) is 61.5 Å². The lowest BCUT2D eigenvalue weighted by Crippen LogP contribution is -2.29. The Bertz CT molecular complexity index is 1630. The maximum absolute atomic E-state index is 14.0. The van der Waals surface area contributed by atoms with Crippen LogP contribution in [0.4, 0.5) is 5.82 Å². The molecule has 0 saturated carbocycles. The Balaban J connectivity index is 1.64. The summed E-state index contributed by atoms with van der Waals surface area (Å²) >= 11 is 0. The maximum atomic E-state index is 14.0. The summed E-state index contributed by atoms with van der Waals surface area (Å²) in [4.78, 5) is 29.1. The number of amides is 1. The number of aromatic nitrogens is 1. The number of ether oxygens (including phenoxy) is 1. The van der Waals surface area contributed by atoms with Crippen molar-refractivity contribution < 1.29 is 18.5 Å². The van der Waals surface area contributed by atoms with Crippen LogP contribution in [0.3, 0.4) is 0 Å². The molecule has 168 valence electrons. The van der Waals surface area contributed by atoms with Gasteiger partial charge in [0, 0.05) is 6.07 Å². The molecule has 1 unspecified atom stereocenters. The van der Waals surface area contributed by atoms with E-state index in [1.54, 1.807) is 19.1 Å². The highest BCUT2D eigenvalue weighted by molar-refractivity contribution is 6.12. The number of rotatable bonds is 4. The molecule has 1 atom stereocenters. The molecule has 0 bridgehead atoms. The van der Waals surface area contributed by atoms with E-state index < -0.39 is 11.9 Å². The van der Waals surface area contributed by atoms with Crippen molar-refractivity contribution >= 4 is 33.5 Å². The molecule has 0 saturated heterocycles. The van der Waals surface area contributed by atoms with Crippen molar-refractivity contribution in [3.63, 3.8) is 0 Å². The monoisotopic (exact) mass is 452 g/mol. The molecule has 0 spiro atoms. The van der Waals surface area contributed by atoms with E-state index in [1.165, 1.54) is 4.90 Å². The summed E-state index contributed by atoms with van der Waals surface area (Å²) in [5.41, 5.74) is 1.17. The van der Waals surface area contributed by atoms with Crippen LogP contribution >= 0.6 is 0 Å². The second-order valence-corrected chi connectivity index (χ2v) is 8.21. The van der Waals surface area contributed by atoms with E-state index in [4.69, 9.17) is 13.7 Å². The fraction of sp³-hybridized carbons (Fsp3) is 0.148. The van der Waals surface area contributed by atoms with E-state index in [0.29, 0.717) is 40.5 Å². The highest BCUT2D eigenvalue weighted by atomic mass is 16.5. The molecule has 0 fully saturated rings. The van der Waals surface area contributed by atoms with Gasteiger partial charge in [0.1, 0.15) is 17.1 Å². The number of anilines is 1. The van der Waals surface area contributed by atoms with Crippen molar-refractivity contribution in [2.45, 2.75) is 19.9 Å². The van der Waals surface area contributed by atoms with Crippen LogP contribution < -0.4 is 15.1 Å². The number of hydrogen-bond donors (Lipinski definition) is 0. The van der Waals surface area contributed by atoms with Gasteiger partial charge < -0.3 is 13.7 Å². The average Bonchev–Trinajstić information content (AvgIpc) is 3.40. The number of aryl methyl sites for hydroxylation is 1. The maximum Gasteiger partial charge on any atom is 0.296 e. The lowest BCUT2D eigenvalue weighted by atomic mass is 9.97. The van der Waals surface area contributed by atoms with E-state index >= 15 is 0 Å². The number of benzene rings is 3. The Hall–Kier alpha value is -4.39. The van der Waals surface area contributed by atoms with Crippen LogP contribution in [0.5, 0.6) is 5.75 Å². The van der Waals surface area contributed by atoms with Crippen LogP contribution in [0.2, 0.25) is 0 Å². The number of carbonyl (C=O) groups is 1. The van der Waals surface area contributed by atoms with E-state index in [9.17, 15) is 9.59 Å². The molecule has 6 rings (SSSR count). The topological polar surface area (TPSA) is 85.8 Å². The zero-order valence-corrected chi connectivity index (χ0v) is 18.6. The van der Waals surface area contributed by atoms with Gasteiger partial charge in [0.2, 0.25) is 5.76 Å². The molecule has 3 aromatic carbocycles. The van der Waals surface area contributed by atoms with E-state index in [0.717, 1.165) is 16.3 Å². The number of nitrogens with zero attached hydrogens (tertiary/aromatic N) is 2. The standard InChI is InChI=1S/C27H20N2O5/c1-3-32-18-11-8-17(9-12-18)24-23-25(30)22-19-7-5-4-6-16(19)10-13-20(22)33-26(23)27(31)29(24)21-14-15(2)34-28-21/h4-14,24H,3H2,1-2H3. The highest BCUT2D eigenvalue weighted by Crippen LogP contribution is 2.41. The smallest absolute Gasteiger partial charge is 0.296 e. The fourth-order valence-corrected chi connectivity index (χ4v) is 4.67. The van der Waals surface area contributed by atoms with Gasteiger partial charge in [0.15, 0.2) is 11.2 Å². The van der Waals surface area contributed by atoms with Crippen LogP contribution in [0, 0.1) is 6.92 Å². The van der Waals surface area contributed by atoms with Crippen LogP contribution in [-0.2, 0) is 0 Å². The van der Waals surface area contributed by atoms with Gasteiger partial charge >= 0.3 is 0 Å². The summed E-state index contributed by atoms with van der Waals surface area (Å²) in [6.07, 6.45) is 0. The SMILES string of the molecule is CCOc1ccc(C2c3c(oc4ccc5ccccc5c4c3=O)C(=O)N2c2cc(C)on2)cc1. The third-order valence-electron chi connectivity index (χ3n) is 6.13.